The normalized spacial score (nSPS) is 11.7. The van der Waals surface area contributed by atoms with Crippen LogP contribution in [0.5, 0.6) is 0 Å². The molecule has 0 aliphatic heterocycles. The lowest BCUT2D eigenvalue weighted by molar-refractivity contribution is 1.31. The van der Waals surface area contributed by atoms with Crippen molar-refractivity contribution in [2.45, 2.75) is 0 Å². The number of hydrogen-bond acceptors (Lipinski definition) is 2. The van der Waals surface area contributed by atoms with Gasteiger partial charge in [0.2, 0.25) is 0 Å². The molecule has 0 amide bonds. The number of hydrogen-bond donors (Lipinski definition) is 0. The molecule has 70 heavy (non-hydrogen) atoms. The van der Waals surface area contributed by atoms with Gasteiger partial charge in [-0.1, -0.05) is 218 Å². The Bertz CT molecular complexity index is 4010. The summed E-state index contributed by atoms with van der Waals surface area (Å²) in [4.78, 5) is 5.00. The second-order valence-corrected chi connectivity index (χ2v) is 18.3. The van der Waals surface area contributed by atoms with Crippen molar-refractivity contribution in [3.8, 4) is 22.3 Å². The largest absolute Gasteiger partial charge is 0.309 e. The maximum absolute atomic E-state index is 2.50. The van der Waals surface area contributed by atoms with E-state index in [4.69, 9.17) is 0 Å². The quantitative estimate of drug-likeness (QED) is 0.140. The van der Waals surface area contributed by atoms with Gasteiger partial charge in [0.15, 0.2) is 0 Å². The van der Waals surface area contributed by atoms with E-state index in [-0.39, 0.29) is 0 Å². The fraction of sp³-hybridized carbons (Fsp3) is 0. The predicted octanol–water partition coefficient (Wildman–Crippen LogP) is 19.5. The van der Waals surface area contributed by atoms with Gasteiger partial charge in [-0.2, -0.15) is 0 Å². The molecule has 0 unspecified atom stereocenters. The molecule has 326 valence electrons. The first-order valence-electron chi connectivity index (χ1n) is 24.2. The van der Waals surface area contributed by atoms with E-state index in [9.17, 15) is 0 Å². The zero-order chi connectivity index (χ0) is 46.1. The van der Waals surface area contributed by atoms with Gasteiger partial charge in [-0.05, 0) is 114 Å². The molecule has 0 N–H and O–H groups in total. The van der Waals surface area contributed by atoms with Gasteiger partial charge in [0, 0.05) is 43.7 Å². The lowest BCUT2D eigenvalue weighted by Gasteiger charge is -2.32. The van der Waals surface area contributed by atoms with Crippen molar-refractivity contribution in [1.82, 2.24) is 0 Å². The molecule has 0 spiro atoms. The summed E-state index contributed by atoms with van der Waals surface area (Å²) in [7, 11) is 0. The lowest BCUT2D eigenvalue weighted by Crippen LogP contribution is -2.12. The molecule has 0 aliphatic carbocycles. The van der Waals surface area contributed by atoms with Crippen LogP contribution in [-0.2, 0) is 0 Å². The van der Waals surface area contributed by atoms with Crippen LogP contribution in [-0.4, -0.2) is 0 Å². The Morgan fingerprint density at radius 2 is 0.500 bits per heavy atom. The third-order valence-electron chi connectivity index (χ3n) is 14.5. The SMILES string of the molecule is c1ccc(N(c2cccc3ccccc23)c2cc(-c3cccc4ccccc34)c3ccc4c(N(c5ccccc5)c5cccc6ccccc56)cc(-c5cccc6ccccc56)c5ccc2c3c54)cc1. The molecule has 0 radical (unpaired) electrons. The molecule has 0 fully saturated rings. The number of rotatable bonds is 8. The predicted molar refractivity (Wildman–Crippen MR) is 300 cm³/mol. The molecule has 2 nitrogen and oxygen atoms in total. The summed E-state index contributed by atoms with van der Waals surface area (Å²) in [5, 5.41) is 17.0. The first-order chi connectivity index (χ1) is 34.8. The fourth-order valence-corrected chi connectivity index (χ4v) is 11.5. The Balaban J connectivity index is 1.19. The summed E-state index contributed by atoms with van der Waals surface area (Å²) < 4.78 is 0. The molecule has 0 aromatic heterocycles. The van der Waals surface area contributed by atoms with E-state index in [0.29, 0.717) is 0 Å². The van der Waals surface area contributed by atoms with Crippen molar-refractivity contribution in [2.75, 3.05) is 9.80 Å². The number of anilines is 6. The maximum Gasteiger partial charge on any atom is 0.0547 e. The van der Waals surface area contributed by atoms with Gasteiger partial charge in [-0.3, -0.25) is 0 Å². The Hall–Kier alpha value is -9.24. The second kappa shape index (κ2) is 16.2. The molecule has 0 heterocycles. The van der Waals surface area contributed by atoms with Crippen LogP contribution >= 0.6 is 0 Å². The molecule has 0 bridgehead atoms. The average molecular weight is 889 g/mol. The van der Waals surface area contributed by atoms with Crippen LogP contribution in [0.15, 0.2) is 267 Å². The smallest absolute Gasteiger partial charge is 0.0547 e. The van der Waals surface area contributed by atoms with Gasteiger partial charge in [0.05, 0.1) is 22.7 Å². The molecule has 0 saturated carbocycles. The Morgan fingerprint density at radius 1 is 0.186 bits per heavy atom. The van der Waals surface area contributed by atoms with Crippen LogP contribution in [0.1, 0.15) is 0 Å². The molecular formula is C68H44N2. The van der Waals surface area contributed by atoms with Gasteiger partial charge >= 0.3 is 0 Å². The third kappa shape index (κ3) is 6.27. The summed E-state index contributed by atoms with van der Waals surface area (Å²) in [6.07, 6.45) is 0. The molecule has 14 aromatic rings. The minimum atomic E-state index is 1.10. The Morgan fingerprint density at radius 3 is 0.914 bits per heavy atom. The van der Waals surface area contributed by atoms with Crippen molar-refractivity contribution in [2.24, 2.45) is 0 Å². The minimum Gasteiger partial charge on any atom is -0.309 e. The molecule has 14 aromatic carbocycles. The second-order valence-electron chi connectivity index (χ2n) is 18.3. The van der Waals surface area contributed by atoms with Crippen LogP contribution in [0.2, 0.25) is 0 Å². The van der Waals surface area contributed by atoms with E-state index in [1.54, 1.807) is 0 Å². The number of benzene rings is 14. The maximum atomic E-state index is 2.50. The molecule has 14 rings (SSSR count). The van der Waals surface area contributed by atoms with Crippen molar-refractivity contribution in [3.05, 3.63) is 267 Å². The van der Waals surface area contributed by atoms with Crippen LogP contribution in [0.25, 0.3) is 97.7 Å². The van der Waals surface area contributed by atoms with Crippen molar-refractivity contribution >= 4 is 110 Å². The number of fused-ring (bicyclic) bond motifs is 4. The number of nitrogens with zero attached hydrogens (tertiary/aromatic N) is 2. The van der Waals surface area contributed by atoms with E-state index in [2.05, 4.69) is 277 Å². The van der Waals surface area contributed by atoms with E-state index in [1.807, 2.05) is 0 Å². The van der Waals surface area contributed by atoms with Crippen molar-refractivity contribution < 1.29 is 0 Å². The van der Waals surface area contributed by atoms with Crippen LogP contribution in [0.3, 0.4) is 0 Å². The Labute approximate surface area is 406 Å². The third-order valence-corrected chi connectivity index (χ3v) is 14.5. The van der Waals surface area contributed by atoms with E-state index in [1.165, 1.54) is 97.7 Å². The van der Waals surface area contributed by atoms with Gasteiger partial charge < -0.3 is 9.80 Å². The monoisotopic (exact) mass is 888 g/mol. The van der Waals surface area contributed by atoms with E-state index >= 15 is 0 Å². The standard InChI is InChI=1S/C68H44N2/c1-3-27-49(28-4-1)69(63-37-17-25-47-21-9-13-33-53(47)63)65-43-61(55-35-15-23-45-19-7-11-31-51(45)55)57-40-42-60-66(70(50-29-5-2-6-30-50)64-38-18-26-48-22-10-14-34-54(48)64)44-62(58-39-41-59(65)67(57)68(58)60)56-36-16-24-46-20-8-12-32-52(46)56/h1-44H. The summed E-state index contributed by atoms with van der Waals surface area (Å²) in [5.41, 5.74) is 11.5. The molecule has 0 aliphatic rings. The molecule has 0 atom stereocenters. The molecular weight excluding hydrogens is 845 g/mol. The van der Waals surface area contributed by atoms with E-state index in [0.717, 1.165) is 34.1 Å². The van der Waals surface area contributed by atoms with Crippen molar-refractivity contribution in [1.29, 1.82) is 0 Å². The summed E-state index contributed by atoms with van der Waals surface area (Å²) in [5.74, 6) is 0. The van der Waals surface area contributed by atoms with Crippen LogP contribution < -0.4 is 9.80 Å². The minimum absolute atomic E-state index is 1.10. The van der Waals surface area contributed by atoms with Gasteiger partial charge in [-0.15, -0.1) is 0 Å². The van der Waals surface area contributed by atoms with Gasteiger partial charge in [0.1, 0.15) is 0 Å². The Kier molecular flexibility index (Phi) is 9.25. The van der Waals surface area contributed by atoms with Crippen LogP contribution in [0, 0.1) is 0 Å². The summed E-state index contributed by atoms with van der Waals surface area (Å²) in [6.45, 7) is 0. The van der Waals surface area contributed by atoms with Crippen molar-refractivity contribution in [3.63, 3.8) is 0 Å². The lowest BCUT2D eigenvalue weighted by atomic mass is 9.84. The number of para-hydroxylation sites is 2. The first-order valence-corrected chi connectivity index (χ1v) is 24.2. The van der Waals surface area contributed by atoms with Gasteiger partial charge in [-0.25, -0.2) is 0 Å². The highest BCUT2D eigenvalue weighted by atomic mass is 15.2. The summed E-state index contributed by atoms with van der Waals surface area (Å²) in [6, 6.07) is 98.5. The van der Waals surface area contributed by atoms with Crippen LogP contribution in [0.4, 0.5) is 34.1 Å². The highest BCUT2D eigenvalue weighted by Crippen LogP contribution is 2.54. The molecule has 2 heteroatoms. The fourth-order valence-electron chi connectivity index (χ4n) is 11.5. The summed E-state index contributed by atoms with van der Waals surface area (Å²) >= 11 is 0. The zero-order valence-corrected chi connectivity index (χ0v) is 38.3. The molecule has 0 saturated heterocycles. The highest BCUT2D eigenvalue weighted by Gasteiger charge is 2.27. The zero-order valence-electron chi connectivity index (χ0n) is 38.3. The first kappa shape index (κ1) is 39.9. The van der Waals surface area contributed by atoms with Gasteiger partial charge in [0.25, 0.3) is 0 Å². The topological polar surface area (TPSA) is 6.48 Å². The highest BCUT2D eigenvalue weighted by molar-refractivity contribution is 6.33. The van der Waals surface area contributed by atoms with E-state index < -0.39 is 0 Å². The average Bonchev–Trinajstić information content (AvgIpc) is 3.43.